The van der Waals surface area contributed by atoms with Crippen LogP contribution in [0.25, 0.3) is 0 Å². The molecule has 1 aromatic heterocycles. The number of hydrogen-bond donors (Lipinski definition) is 1. The van der Waals surface area contributed by atoms with Gasteiger partial charge in [-0.2, -0.15) is 0 Å². The van der Waals surface area contributed by atoms with Gasteiger partial charge in [0.25, 0.3) is 0 Å². The molecule has 2 fully saturated rings. The summed E-state index contributed by atoms with van der Waals surface area (Å²) in [6, 6.07) is 3.62. The van der Waals surface area contributed by atoms with Crippen LogP contribution in [0.4, 0.5) is 5.82 Å². The predicted octanol–water partition coefficient (Wildman–Crippen LogP) is 1.21. The fourth-order valence-corrected chi connectivity index (χ4v) is 2.86. The number of carbonyl (C=O) groups is 1. The van der Waals surface area contributed by atoms with Gasteiger partial charge in [0, 0.05) is 37.4 Å². The Hall–Kier alpha value is -1.74. The molecule has 3 rings (SSSR count). The van der Waals surface area contributed by atoms with E-state index in [1.54, 1.807) is 18.3 Å². The van der Waals surface area contributed by atoms with E-state index < -0.39 is 18.3 Å². The van der Waals surface area contributed by atoms with Crippen LogP contribution in [0.3, 0.4) is 0 Å². The summed E-state index contributed by atoms with van der Waals surface area (Å²) in [5, 5.41) is 2.77. The molecular formula is C19H28BN3O4. The molecule has 1 aromatic rings. The lowest BCUT2D eigenvalue weighted by Gasteiger charge is -2.32. The molecule has 0 radical (unpaired) electrons. The van der Waals surface area contributed by atoms with Gasteiger partial charge in [-0.3, -0.25) is 9.69 Å². The van der Waals surface area contributed by atoms with Crippen molar-refractivity contribution in [2.24, 2.45) is 0 Å². The molecule has 2 aliphatic heterocycles. The molecule has 7 nitrogen and oxygen atoms in total. The van der Waals surface area contributed by atoms with E-state index in [1.165, 1.54) is 0 Å². The summed E-state index contributed by atoms with van der Waals surface area (Å²) >= 11 is 0. The molecule has 0 bridgehead atoms. The smallest absolute Gasteiger partial charge is 0.399 e. The Balaban J connectivity index is 1.51. The van der Waals surface area contributed by atoms with E-state index in [9.17, 15) is 4.79 Å². The minimum Gasteiger partial charge on any atom is -0.399 e. The van der Waals surface area contributed by atoms with Gasteiger partial charge in [0.2, 0.25) is 5.91 Å². The molecule has 0 spiro atoms. The summed E-state index contributed by atoms with van der Waals surface area (Å²) in [6.07, 6.45) is 5.08. The third-order valence-electron chi connectivity index (χ3n) is 5.30. The van der Waals surface area contributed by atoms with Crippen LogP contribution in [0, 0.1) is 0 Å². The van der Waals surface area contributed by atoms with Crippen LogP contribution in [0.2, 0.25) is 0 Å². The molecule has 1 N–H and O–H groups in total. The van der Waals surface area contributed by atoms with Gasteiger partial charge >= 0.3 is 7.12 Å². The Labute approximate surface area is 161 Å². The number of carbonyl (C=O) groups excluding carboxylic acids is 1. The van der Waals surface area contributed by atoms with Crippen molar-refractivity contribution >= 4 is 24.3 Å². The minimum absolute atomic E-state index is 0.195. The van der Waals surface area contributed by atoms with Crippen LogP contribution < -0.4 is 10.8 Å². The van der Waals surface area contributed by atoms with Gasteiger partial charge < -0.3 is 19.4 Å². The van der Waals surface area contributed by atoms with Crippen LogP contribution >= 0.6 is 0 Å². The van der Waals surface area contributed by atoms with Gasteiger partial charge in [0.1, 0.15) is 5.82 Å². The first kappa shape index (κ1) is 20.0. The summed E-state index contributed by atoms with van der Waals surface area (Å²) in [7, 11) is -0.458. The average Bonchev–Trinajstić information content (AvgIpc) is 2.84. The Kier molecular flexibility index (Phi) is 6.00. The molecule has 0 aromatic carbocycles. The molecule has 0 aliphatic carbocycles. The Morgan fingerprint density at radius 2 is 1.89 bits per heavy atom. The number of hydrogen-bond acceptors (Lipinski definition) is 6. The highest BCUT2D eigenvalue weighted by atomic mass is 16.7. The van der Waals surface area contributed by atoms with Crippen LogP contribution in [0.1, 0.15) is 27.7 Å². The maximum absolute atomic E-state index is 12.0. The van der Waals surface area contributed by atoms with Crippen molar-refractivity contribution in [3.05, 3.63) is 30.5 Å². The van der Waals surface area contributed by atoms with Crippen molar-refractivity contribution < 1.29 is 18.8 Å². The monoisotopic (exact) mass is 373 g/mol. The Bertz CT molecular complexity index is 669. The van der Waals surface area contributed by atoms with E-state index in [0.717, 1.165) is 38.3 Å². The number of nitrogens with zero attached hydrogens (tertiary/aromatic N) is 2. The first-order chi connectivity index (χ1) is 12.8. The van der Waals surface area contributed by atoms with Crippen molar-refractivity contribution in [3.63, 3.8) is 0 Å². The van der Waals surface area contributed by atoms with Gasteiger partial charge in [-0.05, 0) is 33.8 Å². The second-order valence-corrected chi connectivity index (χ2v) is 7.87. The normalized spacial score (nSPS) is 22.3. The van der Waals surface area contributed by atoms with E-state index in [0.29, 0.717) is 5.82 Å². The quantitative estimate of drug-likeness (QED) is 0.618. The number of ether oxygens (including phenoxy) is 1. The van der Waals surface area contributed by atoms with Crippen molar-refractivity contribution in [2.75, 3.05) is 38.2 Å². The summed E-state index contributed by atoms with van der Waals surface area (Å²) in [5.41, 5.74) is 0.0422. The molecule has 1 amide bonds. The lowest BCUT2D eigenvalue weighted by molar-refractivity contribution is -0.111. The van der Waals surface area contributed by atoms with E-state index in [4.69, 9.17) is 14.0 Å². The number of rotatable bonds is 5. The molecule has 146 valence electrons. The maximum Gasteiger partial charge on any atom is 0.496 e. The van der Waals surface area contributed by atoms with Gasteiger partial charge in [-0.15, -0.1) is 0 Å². The average molecular weight is 373 g/mol. The van der Waals surface area contributed by atoms with Gasteiger partial charge in [0.15, 0.2) is 0 Å². The molecule has 0 unspecified atom stereocenters. The zero-order valence-electron chi connectivity index (χ0n) is 16.5. The van der Waals surface area contributed by atoms with Crippen LogP contribution in [0.15, 0.2) is 30.5 Å². The first-order valence-corrected chi connectivity index (χ1v) is 9.36. The molecule has 2 aliphatic rings. The van der Waals surface area contributed by atoms with Crippen LogP contribution in [0.5, 0.6) is 0 Å². The van der Waals surface area contributed by atoms with Crippen molar-refractivity contribution in [1.82, 2.24) is 9.88 Å². The molecule has 27 heavy (non-hydrogen) atoms. The molecule has 2 saturated heterocycles. The van der Waals surface area contributed by atoms with Gasteiger partial charge in [-0.25, -0.2) is 4.98 Å². The number of morpholine rings is 1. The Morgan fingerprint density at radius 3 is 2.48 bits per heavy atom. The van der Waals surface area contributed by atoms with Gasteiger partial charge in [-0.1, -0.05) is 12.1 Å². The first-order valence-electron chi connectivity index (χ1n) is 9.36. The Morgan fingerprint density at radius 1 is 1.22 bits per heavy atom. The third kappa shape index (κ3) is 4.96. The standard InChI is InChI=1S/C19H28BN3O4/c1-18(2)19(3,4)27-20(26-18)15-7-8-16(21-14-15)22-17(24)6-5-9-23-10-12-25-13-11-23/h5-8,14H,9-13H2,1-4H3,(H,21,22,24)/b6-5+. The zero-order chi connectivity index (χ0) is 19.5. The number of nitrogens with one attached hydrogen (secondary N) is 1. The third-order valence-corrected chi connectivity index (χ3v) is 5.30. The second-order valence-electron chi connectivity index (χ2n) is 7.87. The molecule has 0 saturated carbocycles. The zero-order valence-corrected chi connectivity index (χ0v) is 16.5. The lowest BCUT2D eigenvalue weighted by atomic mass is 9.80. The predicted molar refractivity (Wildman–Crippen MR) is 105 cm³/mol. The van der Waals surface area contributed by atoms with E-state index in [1.807, 2.05) is 39.8 Å². The fraction of sp³-hybridized carbons (Fsp3) is 0.579. The highest BCUT2D eigenvalue weighted by Crippen LogP contribution is 2.36. The number of pyridine rings is 1. The largest absolute Gasteiger partial charge is 0.496 e. The van der Waals surface area contributed by atoms with E-state index >= 15 is 0 Å². The SMILES string of the molecule is CC1(C)OB(c2ccc(NC(=O)/C=C/CN3CCOCC3)nc2)OC1(C)C. The van der Waals surface area contributed by atoms with Crippen molar-refractivity contribution in [2.45, 2.75) is 38.9 Å². The van der Waals surface area contributed by atoms with Crippen LogP contribution in [-0.2, 0) is 18.8 Å². The number of anilines is 1. The van der Waals surface area contributed by atoms with Crippen molar-refractivity contribution in [3.8, 4) is 0 Å². The molecule has 0 atom stereocenters. The molecule has 8 heteroatoms. The lowest BCUT2D eigenvalue weighted by Crippen LogP contribution is -2.41. The summed E-state index contributed by atoms with van der Waals surface area (Å²) in [6.45, 7) is 12.1. The van der Waals surface area contributed by atoms with Crippen LogP contribution in [-0.4, -0.2) is 67.0 Å². The summed E-state index contributed by atoms with van der Waals surface area (Å²) in [5.74, 6) is 0.301. The van der Waals surface area contributed by atoms with Gasteiger partial charge in [0.05, 0.1) is 24.4 Å². The van der Waals surface area contributed by atoms with Crippen molar-refractivity contribution in [1.29, 1.82) is 0 Å². The van der Waals surface area contributed by atoms with E-state index in [2.05, 4.69) is 15.2 Å². The number of amides is 1. The topological polar surface area (TPSA) is 72.9 Å². The summed E-state index contributed by atoms with van der Waals surface area (Å²) in [4.78, 5) is 18.6. The minimum atomic E-state index is -0.458. The maximum atomic E-state index is 12.0. The fourth-order valence-electron chi connectivity index (χ4n) is 2.86. The highest BCUT2D eigenvalue weighted by molar-refractivity contribution is 6.62. The summed E-state index contributed by atoms with van der Waals surface area (Å²) < 4.78 is 17.3. The number of aromatic nitrogens is 1. The molecule has 3 heterocycles. The molecular weight excluding hydrogens is 345 g/mol. The second kappa shape index (κ2) is 8.10. The highest BCUT2D eigenvalue weighted by Gasteiger charge is 2.51. The van der Waals surface area contributed by atoms with E-state index in [-0.39, 0.29) is 5.91 Å².